The van der Waals surface area contributed by atoms with Crippen LogP contribution in [0.25, 0.3) is 11.4 Å². The van der Waals surface area contributed by atoms with Gasteiger partial charge in [-0.15, -0.1) is 0 Å². The number of nitrogens with zero attached hydrogens (tertiary/aromatic N) is 5. The molecule has 2 aromatic heterocycles. The van der Waals surface area contributed by atoms with Crippen LogP contribution in [0.2, 0.25) is 0 Å². The lowest BCUT2D eigenvalue weighted by atomic mass is 10.1. The number of likely N-dealkylation sites (N-methyl/N-ethyl adjacent to an activating group) is 1. The first-order chi connectivity index (χ1) is 20.9. The van der Waals surface area contributed by atoms with E-state index in [1.807, 2.05) is 23.7 Å². The van der Waals surface area contributed by atoms with Crippen molar-refractivity contribution in [3.05, 3.63) is 58.9 Å². The van der Waals surface area contributed by atoms with E-state index in [0.29, 0.717) is 46.7 Å². The number of benzene rings is 1. The SMILES string of the molecule is CCN(CC)CCNC(=O)Nc1cccc(C#Cc2cnc(N)nc2-c2cc3c(n2C)CCN(C(=O)OC(C)(C)C)C3=O)c1. The van der Waals surface area contributed by atoms with Gasteiger partial charge >= 0.3 is 12.1 Å². The van der Waals surface area contributed by atoms with Crippen molar-refractivity contribution in [2.24, 2.45) is 7.05 Å². The number of rotatable bonds is 7. The Morgan fingerprint density at radius 1 is 1.16 bits per heavy atom. The van der Waals surface area contributed by atoms with Crippen molar-refractivity contribution in [3.8, 4) is 23.2 Å². The zero-order valence-electron chi connectivity index (χ0n) is 26.2. The van der Waals surface area contributed by atoms with Crippen molar-refractivity contribution >= 4 is 29.7 Å². The van der Waals surface area contributed by atoms with Gasteiger partial charge in [-0.2, -0.15) is 0 Å². The average Bonchev–Trinajstić information content (AvgIpc) is 3.31. The smallest absolute Gasteiger partial charge is 0.417 e. The fraction of sp³-hybridized carbons (Fsp3) is 0.406. The van der Waals surface area contributed by atoms with Crippen LogP contribution in [-0.4, -0.2) is 80.7 Å². The molecule has 0 aliphatic carbocycles. The molecule has 0 fully saturated rings. The molecule has 3 heterocycles. The zero-order chi connectivity index (χ0) is 32.0. The topological polar surface area (TPSA) is 148 Å². The van der Waals surface area contributed by atoms with Crippen molar-refractivity contribution in [3.63, 3.8) is 0 Å². The third-order valence-corrected chi connectivity index (χ3v) is 7.14. The maximum atomic E-state index is 13.3. The molecular weight excluding hydrogens is 560 g/mol. The maximum Gasteiger partial charge on any atom is 0.417 e. The van der Waals surface area contributed by atoms with E-state index in [-0.39, 0.29) is 18.5 Å². The third-order valence-electron chi connectivity index (χ3n) is 7.14. The summed E-state index contributed by atoms with van der Waals surface area (Å²) in [5, 5.41) is 5.72. The van der Waals surface area contributed by atoms with Crippen LogP contribution in [-0.2, 0) is 18.2 Å². The van der Waals surface area contributed by atoms with Gasteiger partial charge in [-0.25, -0.2) is 24.5 Å². The quantitative estimate of drug-likeness (QED) is 0.347. The summed E-state index contributed by atoms with van der Waals surface area (Å²) < 4.78 is 7.30. The Kier molecular flexibility index (Phi) is 9.90. The zero-order valence-corrected chi connectivity index (χ0v) is 26.2. The predicted octanol–water partition coefficient (Wildman–Crippen LogP) is 3.86. The van der Waals surface area contributed by atoms with Gasteiger partial charge in [0, 0.05) is 56.2 Å². The summed E-state index contributed by atoms with van der Waals surface area (Å²) in [4.78, 5) is 50.3. The number of fused-ring (bicyclic) bond motifs is 1. The van der Waals surface area contributed by atoms with E-state index in [1.165, 1.54) is 6.20 Å². The highest BCUT2D eigenvalue weighted by Gasteiger charge is 2.35. The molecule has 4 amide bonds. The monoisotopic (exact) mass is 600 g/mol. The molecule has 4 rings (SSSR count). The van der Waals surface area contributed by atoms with Crippen LogP contribution in [0.3, 0.4) is 0 Å². The Bertz CT molecular complexity index is 1610. The van der Waals surface area contributed by atoms with Crippen molar-refractivity contribution in [2.75, 3.05) is 43.8 Å². The van der Waals surface area contributed by atoms with E-state index in [2.05, 4.69) is 51.2 Å². The molecular formula is C32H40N8O4. The summed E-state index contributed by atoms with van der Waals surface area (Å²) >= 11 is 0. The summed E-state index contributed by atoms with van der Waals surface area (Å²) in [7, 11) is 1.84. The lowest BCUT2D eigenvalue weighted by Crippen LogP contribution is -2.44. The third kappa shape index (κ3) is 7.73. The molecule has 0 bridgehead atoms. The van der Waals surface area contributed by atoms with E-state index < -0.39 is 17.6 Å². The van der Waals surface area contributed by atoms with Crippen LogP contribution >= 0.6 is 0 Å². The minimum Gasteiger partial charge on any atom is -0.443 e. The fourth-order valence-corrected chi connectivity index (χ4v) is 4.85. The molecule has 1 aliphatic heterocycles. The first kappa shape index (κ1) is 32.0. The second-order valence-electron chi connectivity index (χ2n) is 11.4. The normalized spacial score (nSPS) is 12.8. The van der Waals surface area contributed by atoms with Crippen LogP contribution < -0.4 is 16.4 Å². The largest absolute Gasteiger partial charge is 0.443 e. The number of amides is 4. The summed E-state index contributed by atoms with van der Waals surface area (Å²) in [5.74, 6) is 5.86. The molecule has 3 aromatic rings. The van der Waals surface area contributed by atoms with E-state index in [4.69, 9.17) is 10.5 Å². The van der Waals surface area contributed by atoms with Crippen LogP contribution in [0.5, 0.6) is 0 Å². The number of nitrogens with one attached hydrogen (secondary N) is 2. The number of carbonyl (C=O) groups is 3. The highest BCUT2D eigenvalue weighted by Crippen LogP contribution is 2.30. The summed E-state index contributed by atoms with van der Waals surface area (Å²) in [5.41, 5.74) is 9.25. The summed E-state index contributed by atoms with van der Waals surface area (Å²) in [6.07, 6.45) is 1.32. The minimum absolute atomic E-state index is 0.0598. The lowest BCUT2D eigenvalue weighted by molar-refractivity contribution is 0.0232. The number of hydrogen-bond donors (Lipinski definition) is 3. The second kappa shape index (κ2) is 13.6. The van der Waals surface area contributed by atoms with Gasteiger partial charge in [0.1, 0.15) is 11.3 Å². The second-order valence-corrected chi connectivity index (χ2v) is 11.4. The molecule has 0 saturated heterocycles. The van der Waals surface area contributed by atoms with Crippen molar-refractivity contribution in [1.29, 1.82) is 0 Å². The number of carbonyl (C=O) groups excluding carboxylic acids is 3. The van der Waals surface area contributed by atoms with E-state index in [9.17, 15) is 14.4 Å². The van der Waals surface area contributed by atoms with E-state index >= 15 is 0 Å². The van der Waals surface area contributed by atoms with Crippen molar-refractivity contribution in [2.45, 2.75) is 46.6 Å². The predicted molar refractivity (Wildman–Crippen MR) is 169 cm³/mol. The van der Waals surface area contributed by atoms with E-state index in [0.717, 1.165) is 30.2 Å². The molecule has 1 aromatic carbocycles. The van der Waals surface area contributed by atoms with Gasteiger partial charge in [0.25, 0.3) is 5.91 Å². The Morgan fingerprint density at radius 2 is 1.91 bits per heavy atom. The lowest BCUT2D eigenvalue weighted by Gasteiger charge is -2.28. The number of ether oxygens (including phenoxy) is 1. The van der Waals surface area contributed by atoms with Gasteiger partial charge in [0.2, 0.25) is 5.95 Å². The molecule has 0 saturated carbocycles. The van der Waals surface area contributed by atoms with Crippen molar-refractivity contribution < 1.29 is 19.1 Å². The Morgan fingerprint density at radius 3 is 2.61 bits per heavy atom. The van der Waals surface area contributed by atoms with Crippen LogP contribution in [0.4, 0.5) is 21.2 Å². The molecule has 1 aliphatic rings. The van der Waals surface area contributed by atoms with Gasteiger partial charge in [-0.1, -0.05) is 31.8 Å². The molecule has 232 valence electrons. The molecule has 0 radical (unpaired) electrons. The molecule has 4 N–H and O–H groups in total. The standard InChI is InChI=1S/C32H40N8O4/c1-7-39(8-2)17-15-34-30(42)36-23-11-9-10-21(18-23)12-13-22-20-35-29(33)37-27(22)26-19-24-25(38(26)6)14-16-40(28(24)41)31(43)44-32(3,4)5/h9-11,18-20H,7-8,14-17H2,1-6H3,(H2,33,35,37)(H2,34,36,42). The first-order valence-electron chi connectivity index (χ1n) is 14.7. The van der Waals surface area contributed by atoms with E-state index in [1.54, 1.807) is 39.0 Å². The highest BCUT2D eigenvalue weighted by atomic mass is 16.6. The van der Waals surface area contributed by atoms with Crippen molar-refractivity contribution in [1.82, 2.24) is 29.7 Å². The molecule has 12 nitrogen and oxygen atoms in total. The fourth-order valence-electron chi connectivity index (χ4n) is 4.85. The van der Waals surface area contributed by atoms with Gasteiger partial charge in [0.15, 0.2) is 0 Å². The molecule has 44 heavy (non-hydrogen) atoms. The van der Waals surface area contributed by atoms with Crippen LogP contribution in [0.1, 0.15) is 61.8 Å². The molecule has 0 spiro atoms. The number of hydrogen-bond acceptors (Lipinski definition) is 8. The Balaban J connectivity index is 1.55. The molecule has 0 unspecified atom stereocenters. The van der Waals surface area contributed by atoms with Gasteiger partial charge < -0.3 is 30.6 Å². The molecule has 12 heteroatoms. The average molecular weight is 601 g/mol. The number of aromatic nitrogens is 3. The number of nitrogen functional groups attached to an aromatic ring is 1. The summed E-state index contributed by atoms with van der Waals surface area (Å²) in [6, 6.07) is 8.62. The number of anilines is 2. The Hall–Kier alpha value is -4.89. The Labute approximate surface area is 258 Å². The van der Waals surface area contributed by atoms with Crippen LogP contribution in [0, 0.1) is 11.8 Å². The highest BCUT2D eigenvalue weighted by molar-refractivity contribution is 6.05. The number of nitrogens with two attached hydrogens (primary N) is 1. The molecule has 0 atom stereocenters. The maximum absolute atomic E-state index is 13.3. The van der Waals surface area contributed by atoms with Gasteiger partial charge in [0.05, 0.1) is 16.8 Å². The number of imide groups is 1. The first-order valence-corrected chi connectivity index (χ1v) is 14.7. The van der Waals surface area contributed by atoms with Crippen LogP contribution in [0.15, 0.2) is 36.5 Å². The van der Waals surface area contributed by atoms with Gasteiger partial charge in [-0.3, -0.25) is 4.79 Å². The summed E-state index contributed by atoms with van der Waals surface area (Å²) in [6.45, 7) is 12.8. The number of urea groups is 1. The minimum atomic E-state index is -0.724. The van der Waals surface area contributed by atoms with Gasteiger partial charge in [-0.05, 0) is 58.1 Å².